The summed E-state index contributed by atoms with van der Waals surface area (Å²) in [7, 11) is 3.07. The number of methoxy groups -OCH3 is 2. The third-order valence-corrected chi connectivity index (χ3v) is 4.16. The lowest BCUT2D eigenvalue weighted by Gasteiger charge is -2.12. The average Bonchev–Trinajstić information content (AvgIpc) is 2.83. The molecule has 2 N–H and O–H groups in total. The zero-order valence-electron chi connectivity index (χ0n) is 14.8. The standard InChI is InChI=1S/C19H17N5O3/c1-26-16-8-7-14(18(23-16)27-2)22-19-20-10-11-9-15(25)21-13-6-4-3-5-12(13)17(11)24-19/h3-8,10H,9H2,1-2H3,(H,21,25)(H,20,22,24). The van der Waals surface area contributed by atoms with Crippen LogP contribution in [0.15, 0.2) is 42.6 Å². The van der Waals surface area contributed by atoms with Crippen molar-refractivity contribution in [2.45, 2.75) is 6.42 Å². The Morgan fingerprint density at radius 2 is 1.93 bits per heavy atom. The number of fused-ring (bicyclic) bond motifs is 3. The molecule has 0 spiro atoms. The molecule has 1 amide bonds. The van der Waals surface area contributed by atoms with Gasteiger partial charge in [0.2, 0.25) is 23.6 Å². The van der Waals surface area contributed by atoms with Crippen LogP contribution in [-0.4, -0.2) is 35.1 Å². The van der Waals surface area contributed by atoms with Gasteiger partial charge >= 0.3 is 0 Å². The number of nitrogens with zero attached hydrogens (tertiary/aromatic N) is 3. The van der Waals surface area contributed by atoms with Crippen LogP contribution in [0.4, 0.5) is 17.3 Å². The first-order valence-corrected chi connectivity index (χ1v) is 8.29. The predicted octanol–water partition coefficient (Wildman–Crippen LogP) is 2.79. The van der Waals surface area contributed by atoms with E-state index in [9.17, 15) is 4.79 Å². The molecule has 3 aromatic rings. The molecule has 0 fully saturated rings. The lowest BCUT2D eigenvalue weighted by atomic mass is 10.1. The van der Waals surface area contributed by atoms with E-state index in [4.69, 9.17) is 9.47 Å². The Morgan fingerprint density at radius 3 is 2.74 bits per heavy atom. The number of nitrogens with one attached hydrogen (secondary N) is 2. The summed E-state index contributed by atoms with van der Waals surface area (Å²) >= 11 is 0. The Balaban J connectivity index is 1.74. The number of anilines is 3. The number of benzene rings is 1. The largest absolute Gasteiger partial charge is 0.481 e. The first kappa shape index (κ1) is 16.8. The van der Waals surface area contributed by atoms with Crippen LogP contribution in [0.5, 0.6) is 11.8 Å². The predicted molar refractivity (Wildman–Crippen MR) is 100 cm³/mol. The molecule has 2 aromatic heterocycles. The van der Waals surface area contributed by atoms with Crippen molar-refractivity contribution in [1.82, 2.24) is 15.0 Å². The minimum atomic E-state index is -0.0912. The van der Waals surface area contributed by atoms with Crippen molar-refractivity contribution >= 4 is 23.2 Å². The van der Waals surface area contributed by atoms with E-state index in [1.165, 1.54) is 14.2 Å². The van der Waals surface area contributed by atoms with Gasteiger partial charge in [-0.3, -0.25) is 4.79 Å². The molecule has 27 heavy (non-hydrogen) atoms. The fourth-order valence-electron chi connectivity index (χ4n) is 2.90. The summed E-state index contributed by atoms with van der Waals surface area (Å²) in [5.74, 6) is 1.10. The van der Waals surface area contributed by atoms with Gasteiger partial charge in [0, 0.05) is 23.4 Å². The lowest BCUT2D eigenvalue weighted by molar-refractivity contribution is -0.115. The molecule has 1 aliphatic heterocycles. The van der Waals surface area contributed by atoms with E-state index in [2.05, 4.69) is 25.6 Å². The van der Waals surface area contributed by atoms with Gasteiger partial charge in [0.05, 0.1) is 32.0 Å². The highest BCUT2D eigenvalue weighted by Crippen LogP contribution is 2.33. The van der Waals surface area contributed by atoms with Crippen LogP contribution in [0.3, 0.4) is 0 Å². The number of pyridine rings is 1. The molecule has 0 aliphatic carbocycles. The monoisotopic (exact) mass is 363 g/mol. The van der Waals surface area contributed by atoms with E-state index in [1.54, 1.807) is 18.3 Å². The number of amides is 1. The summed E-state index contributed by atoms with van der Waals surface area (Å²) in [5, 5.41) is 6.02. The number of rotatable bonds is 4. The molecule has 136 valence electrons. The van der Waals surface area contributed by atoms with Crippen molar-refractivity contribution in [3.05, 3.63) is 48.2 Å². The Hall–Kier alpha value is -3.68. The zero-order chi connectivity index (χ0) is 18.8. The van der Waals surface area contributed by atoms with E-state index < -0.39 is 0 Å². The maximum atomic E-state index is 12.1. The zero-order valence-corrected chi connectivity index (χ0v) is 14.8. The Morgan fingerprint density at radius 1 is 1.07 bits per heavy atom. The fraction of sp³-hybridized carbons (Fsp3) is 0.158. The number of aromatic nitrogens is 3. The van der Waals surface area contributed by atoms with Gasteiger partial charge in [-0.15, -0.1) is 0 Å². The number of para-hydroxylation sites is 1. The number of carbonyl (C=O) groups is 1. The molecule has 0 bridgehead atoms. The molecule has 8 heteroatoms. The second kappa shape index (κ2) is 6.91. The van der Waals surface area contributed by atoms with Crippen molar-refractivity contribution in [2.24, 2.45) is 0 Å². The molecule has 0 radical (unpaired) electrons. The topological polar surface area (TPSA) is 98.3 Å². The van der Waals surface area contributed by atoms with Crippen LogP contribution in [0.2, 0.25) is 0 Å². The summed E-state index contributed by atoms with van der Waals surface area (Å²) in [5.41, 5.74) is 3.66. The van der Waals surface area contributed by atoms with E-state index in [0.29, 0.717) is 29.1 Å². The summed E-state index contributed by atoms with van der Waals surface area (Å²) in [6.45, 7) is 0. The molecular formula is C19H17N5O3. The molecule has 0 unspecified atom stereocenters. The fourth-order valence-corrected chi connectivity index (χ4v) is 2.90. The Labute approximate surface area is 155 Å². The van der Waals surface area contributed by atoms with Gasteiger partial charge in [-0.25, -0.2) is 9.97 Å². The molecule has 1 aliphatic rings. The van der Waals surface area contributed by atoms with E-state index in [0.717, 1.165) is 16.8 Å². The minimum absolute atomic E-state index is 0.0912. The van der Waals surface area contributed by atoms with Crippen LogP contribution in [0.1, 0.15) is 5.56 Å². The number of ether oxygens (including phenoxy) is 2. The summed E-state index contributed by atoms with van der Waals surface area (Å²) < 4.78 is 10.4. The van der Waals surface area contributed by atoms with E-state index in [1.807, 2.05) is 24.3 Å². The molecule has 1 aromatic carbocycles. The smallest absolute Gasteiger partial charge is 0.240 e. The third-order valence-electron chi connectivity index (χ3n) is 4.16. The molecule has 0 saturated carbocycles. The normalized spacial score (nSPS) is 12.3. The number of hydrogen-bond donors (Lipinski definition) is 2. The molecule has 8 nitrogen and oxygen atoms in total. The van der Waals surface area contributed by atoms with Crippen LogP contribution in [0, 0.1) is 0 Å². The first-order chi connectivity index (χ1) is 13.2. The number of carbonyl (C=O) groups excluding carboxylic acids is 1. The molecule has 4 rings (SSSR count). The van der Waals surface area contributed by atoms with Gasteiger partial charge < -0.3 is 20.1 Å². The second-order valence-electron chi connectivity index (χ2n) is 5.87. The molecule has 0 atom stereocenters. The summed E-state index contributed by atoms with van der Waals surface area (Å²) in [6, 6.07) is 11.1. The summed E-state index contributed by atoms with van der Waals surface area (Å²) in [6.07, 6.45) is 1.88. The average molecular weight is 363 g/mol. The van der Waals surface area contributed by atoms with Gasteiger partial charge in [0.1, 0.15) is 5.69 Å². The summed E-state index contributed by atoms with van der Waals surface area (Å²) in [4.78, 5) is 25.3. The van der Waals surface area contributed by atoms with Crippen molar-refractivity contribution in [1.29, 1.82) is 0 Å². The second-order valence-corrected chi connectivity index (χ2v) is 5.87. The maximum Gasteiger partial charge on any atom is 0.240 e. The molecule has 3 heterocycles. The van der Waals surface area contributed by atoms with Crippen LogP contribution in [0.25, 0.3) is 11.3 Å². The number of hydrogen-bond acceptors (Lipinski definition) is 7. The minimum Gasteiger partial charge on any atom is -0.481 e. The molecular weight excluding hydrogens is 346 g/mol. The first-order valence-electron chi connectivity index (χ1n) is 8.29. The van der Waals surface area contributed by atoms with Gasteiger partial charge in [-0.05, 0) is 12.1 Å². The quantitative estimate of drug-likeness (QED) is 0.735. The Kier molecular flexibility index (Phi) is 4.29. The highest BCUT2D eigenvalue weighted by atomic mass is 16.5. The van der Waals surface area contributed by atoms with Crippen LogP contribution >= 0.6 is 0 Å². The van der Waals surface area contributed by atoms with Crippen molar-refractivity contribution in [3.8, 4) is 23.0 Å². The lowest BCUT2D eigenvalue weighted by Crippen LogP contribution is -2.12. The van der Waals surface area contributed by atoms with Crippen molar-refractivity contribution < 1.29 is 14.3 Å². The van der Waals surface area contributed by atoms with E-state index in [-0.39, 0.29) is 12.3 Å². The van der Waals surface area contributed by atoms with Gasteiger partial charge in [0.15, 0.2) is 0 Å². The third kappa shape index (κ3) is 3.24. The van der Waals surface area contributed by atoms with Crippen LogP contribution < -0.4 is 20.1 Å². The highest BCUT2D eigenvalue weighted by Gasteiger charge is 2.21. The Bertz CT molecular complexity index is 1020. The van der Waals surface area contributed by atoms with Gasteiger partial charge in [0.25, 0.3) is 0 Å². The van der Waals surface area contributed by atoms with E-state index >= 15 is 0 Å². The van der Waals surface area contributed by atoms with Gasteiger partial charge in [-0.1, -0.05) is 18.2 Å². The maximum absolute atomic E-state index is 12.1. The highest BCUT2D eigenvalue weighted by molar-refractivity contribution is 5.99. The van der Waals surface area contributed by atoms with Crippen molar-refractivity contribution in [3.63, 3.8) is 0 Å². The van der Waals surface area contributed by atoms with Gasteiger partial charge in [-0.2, -0.15) is 4.98 Å². The van der Waals surface area contributed by atoms with Crippen LogP contribution in [-0.2, 0) is 11.2 Å². The SMILES string of the molecule is COc1ccc(Nc2ncc3c(n2)-c2ccccc2NC(=O)C3)c(OC)n1. The molecule has 0 saturated heterocycles. The van der Waals surface area contributed by atoms with Crippen molar-refractivity contribution in [2.75, 3.05) is 24.9 Å².